The lowest BCUT2D eigenvalue weighted by molar-refractivity contribution is -0.143. The fourth-order valence-electron chi connectivity index (χ4n) is 5.60. The van der Waals surface area contributed by atoms with Crippen LogP contribution in [-0.4, -0.2) is 64.8 Å². The van der Waals surface area contributed by atoms with E-state index in [1.807, 2.05) is 18.2 Å². The molecule has 39 heavy (non-hydrogen) atoms. The number of hydrogen-bond acceptors (Lipinski definition) is 5. The second kappa shape index (κ2) is 13.1. The topological polar surface area (TPSA) is 122 Å². The van der Waals surface area contributed by atoms with Crippen LogP contribution in [0.3, 0.4) is 0 Å². The van der Waals surface area contributed by atoms with Crippen molar-refractivity contribution in [1.82, 2.24) is 15.1 Å². The summed E-state index contributed by atoms with van der Waals surface area (Å²) in [7, 11) is 0. The number of nitrogens with zero attached hydrogens (tertiary/aromatic N) is 2. The Morgan fingerprint density at radius 3 is 2.62 bits per heavy atom. The number of carbonyl (C=O) groups is 3. The van der Waals surface area contributed by atoms with E-state index in [1.165, 1.54) is 17.7 Å². The first kappa shape index (κ1) is 29.3. The standard InChI is InChI=1S/C28H34Cl2FN5O3/c29-21-9-7-18(26(31)25(21)30)15-34-27(38)22(10-11-24(33)37)35-13-12-20(8-6-17-4-2-1-3-5-17)36-16-19(32)14-23(36)28(35)39/h1-5,7,9,19-20,22-23H,6,8,10-16,32H2,(H2,33,37)(H,34,38)/t19-,20?,22-,23+/m1/s1. The average molecular weight is 579 g/mol. The Morgan fingerprint density at radius 2 is 1.90 bits per heavy atom. The molecule has 2 heterocycles. The zero-order valence-electron chi connectivity index (χ0n) is 21.6. The number of amides is 3. The molecule has 0 radical (unpaired) electrons. The number of halogens is 3. The quantitative estimate of drug-likeness (QED) is 0.375. The van der Waals surface area contributed by atoms with E-state index in [1.54, 1.807) is 4.90 Å². The number of hydrogen-bond donors (Lipinski definition) is 3. The van der Waals surface area contributed by atoms with Gasteiger partial charge in [0.05, 0.1) is 16.1 Å². The minimum absolute atomic E-state index is 0.0597. The Labute approximate surface area is 237 Å². The van der Waals surface area contributed by atoms with Crippen LogP contribution in [0, 0.1) is 5.82 Å². The van der Waals surface area contributed by atoms with Gasteiger partial charge in [0, 0.05) is 43.7 Å². The van der Waals surface area contributed by atoms with Crippen LogP contribution < -0.4 is 16.8 Å². The zero-order valence-corrected chi connectivity index (χ0v) is 23.1. The Balaban J connectivity index is 1.52. The summed E-state index contributed by atoms with van der Waals surface area (Å²) in [5.74, 6) is -1.97. The molecule has 2 aromatic carbocycles. The van der Waals surface area contributed by atoms with E-state index in [0.29, 0.717) is 25.9 Å². The van der Waals surface area contributed by atoms with Gasteiger partial charge in [0.15, 0.2) is 0 Å². The lowest BCUT2D eigenvalue weighted by atomic mass is 10.0. The van der Waals surface area contributed by atoms with Gasteiger partial charge in [-0.2, -0.15) is 0 Å². The third-order valence-corrected chi connectivity index (χ3v) is 8.41. The van der Waals surface area contributed by atoms with Gasteiger partial charge in [0.2, 0.25) is 17.7 Å². The highest BCUT2D eigenvalue weighted by atomic mass is 35.5. The zero-order chi connectivity index (χ0) is 28.1. The van der Waals surface area contributed by atoms with Gasteiger partial charge in [-0.05, 0) is 43.7 Å². The number of nitrogens with two attached hydrogens (primary N) is 2. The van der Waals surface area contributed by atoms with Crippen LogP contribution in [-0.2, 0) is 27.3 Å². The van der Waals surface area contributed by atoms with Gasteiger partial charge >= 0.3 is 0 Å². The molecule has 2 saturated heterocycles. The summed E-state index contributed by atoms with van der Waals surface area (Å²) in [5.41, 5.74) is 13.1. The van der Waals surface area contributed by atoms with E-state index in [-0.39, 0.29) is 53.0 Å². The first-order valence-electron chi connectivity index (χ1n) is 13.2. The van der Waals surface area contributed by atoms with Crippen molar-refractivity contribution < 1.29 is 18.8 Å². The van der Waals surface area contributed by atoms with Crippen molar-refractivity contribution in [3.05, 3.63) is 69.5 Å². The molecule has 0 aromatic heterocycles. The number of nitrogens with one attached hydrogen (secondary N) is 1. The van der Waals surface area contributed by atoms with Gasteiger partial charge in [0.1, 0.15) is 11.9 Å². The van der Waals surface area contributed by atoms with Crippen molar-refractivity contribution in [3.63, 3.8) is 0 Å². The van der Waals surface area contributed by atoms with Crippen molar-refractivity contribution in [3.8, 4) is 0 Å². The van der Waals surface area contributed by atoms with E-state index in [0.717, 1.165) is 12.8 Å². The summed E-state index contributed by atoms with van der Waals surface area (Å²) in [6.07, 6.45) is 2.85. The lowest BCUT2D eigenvalue weighted by Gasteiger charge is -2.32. The number of rotatable bonds is 10. The van der Waals surface area contributed by atoms with Crippen molar-refractivity contribution in [2.45, 2.75) is 69.2 Å². The highest BCUT2D eigenvalue weighted by molar-refractivity contribution is 6.42. The Morgan fingerprint density at radius 1 is 1.15 bits per heavy atom. The van der Waals surface area contributed by atoms with E-state index < -0.39 is 29.7 Å². The lowest BCUT2D eigenvalue weighted by Crippen LogP contribution is -2.53. The number of primary amides is 1. The molecule has 0 spiro atoms. The fraction of sp³-hybridized carbons (Fsp3) is 0.464. The van der Waals surface area contributed by atoms with Crippen LogP contribution in [0.25, 0.3) is 0 Å². The van der Waals surface area contributed by atoms with Crippen LogP contribution in [0.5, 0.6) is 0 Å². The summed E-state index contributed by atoms with van der Waals surface area (Å²) in [6, 6.07) is 11.6. The molecule has 3 amide bonds. The maximum absolute atomic E-state index is 14.5. The molecule has 1 unspecified atom stereocenters. The van der Waals surface area contributed by atoms with E-state index in [4.69, 9.17) is 34.7 Å². The minimum Gasteiger partial charge on any atom is -0.370 e. The first-order valence-corrected chi connectivity index (χ1v) is 14.0. The van der Waals surface area contributed by atoms with Gasteiger partial charge < -0.3 is 21.7 Å². The first-order chi connectivity index (χ1) is 18.7. The smallest absolute Gasteiger partial charge is 0.243 e. The molecule has 8 nitrogen and oxygen atoms in total. The molecule has 2 aliphatic rings. The summed E-state index contributed by atoms with van der Waals surface area (Å²) < 4.78 is 14.5. The van der Waals surface area contributed by atoms with Crippen LogP contribution in [0.1, 0.15) is 43.2 Å². The van der Waals surface area contributed by atoms with Gasteiger partial charge in [-0.25, -0.2) is 4.39 Å². The predicted octanol–water partition coefficient (Wildman–Crippen LogP) is 3.02. The summed E-state index contributed by atoms with van der Waals surface area (Å²) in [4.78, 5) is 42.6. The second-order valence-electron chi connectivity index (χ2n) is 10.3. The molecular formula is C28H34Cl2FN5O3. The molecule has 11 heteroatoms. The molecule has 2 aromatic rings. The minimum atomic E-state index is -0.942. The Kier molecular flexibility index (Phi) is 9.82. The largest absolute Gasteiger partial charge is 0.370 e. The maximum Gasteiger partial charge on any atom is 0.243 e. The summed E-state index contributed by atoms with van der Waals surface area (Å²) in [5, 5.41) is 2.55. The molecule has 0 aliphatic carbocycles. The summed E-state index contributed by atoms with van der Waals surface area (Å²) in [6.45, 7) is 0.799. The number of carbonyl (C=O) groups excluding carboxylic acids is 3. The van der Waals surface area contributed by atoms with Crippen LogP contribution in [0.15, 0.2) is 42.5 Å². The summed E-state index contributed by atoms with van der Waals surface area (Å²) >= 11 is 11.8. The van der Waals surface area contributed by atoms with Crippen molar-refractivity contribution in [2.75, 3.05) is 13.1 Å². The third kappa shape index (κ3) is 7.08. The van der Waals surface area contributed by atoms with Gasteiger partial charge in [-0.15, -0.1) is 0 Å². The van der Waals surface area contributed by atoms with Crippen molar-refractivity contribution in [1.29, 1.82) is 0 Å². The highest BCUT2D eigenvalue weighted by Gasteiger charge is 2.45. The number of benzene rings is 2. The van der Waals surface area contributed by atoms with E-state index in [9.17, 15) is 18.8 Å². The molecule has 2 aliphatic heterocycles. The van der Waals surface area contributed by atoms with Crippen molar-refractivity contribution >= 4 is 40.9 Å². The van der Waals surface area contributed by atoms with Crippen LogP contribution in [0.2, 0.25) is 10.0 Å². The molecule has 4 rings (SSSR count). The third-order valence-electron chi connectivity index (χ3n) is 7.63. The fourth-order valence-corrected chi connectivity index (χ4v) is 5.93. The molecule has 2 fully saturated rings. The molecular weight excluding hydrogens is 544 g/mol. The van der Waals surface area contributed by atoms with Crippen LogP contribution >= 0.6 is 23.2 Å². The van der Waals surface area contributed by atoms with Gasteiger partial charge in [-0.1, -0.05) is 59.6 Å². The van der Waals surface area contributed by atoms with Gasteiger partial charge in [0.25, 0.3) is 0 Å². The molecule has 0 saturated carbocycles. The highest BCUT2D eigenvalue weighted by Crippen LogP contribution is 2.31. The molecule has 4 atom stereocenters. The average Bonchev–Trinajstić information content (AvgIpc) is 3.26. The predicted molar refractivity (Wildman–Crippen MR) is 148 cm³/mol. The van der Waals surface area contributed by atoms with E-state index >= 15 is 0 Å². The number of aryl methyl sites for hydroxylation is 1. The normalized spacial score (nSPS) is 22.3. The molecule has 210 valence electrons. The Bertz CT molecular complexity index is 1200. The molecule has 0 bridgehead atoms. The maximum atomic E-state index is 14.5. The van der Waals surface area contributed by atoms with Crippen molar-refractivity contribution in [2.24, 2.45) is 11.5 Å². The Hall–Kier alpha value is -2.72. The second-order valence-corrected chi connectivity index (χ2v) is 11.1. The monoisotopic (exact) mass is 577 g/mol. The van der Waals surface area contributed by atoms with E-state index in [2.05, 4.69) is 22.3 Å². The van der Waals surface area contributed by atoms with Crippen LogP contribution in [0.4, 0.5) is 4.39 Å². The van der Waals surface area contributed by atoms with Gasteiger partial charge in [-0.3, -0.25) is 19.3 Å². The number of fused-ring (bicyclic) bond motifs is 1. The molecule has 5 N–H and O–H groups in total. The SMILES string of the molecule is NC(=O)CC[C@H](C(=O)NCc1ccc(Cl)c(Cl)c1F)N1CCC(CCc2ccccc2)N2C[C@H](N)C[C@H]2C1=O.